The average molecular weight is 496 g/mol. The molecule has 37 heavy (non-hydrogen) atoms. The standard InChI is InChI=1S/C28H29N7O2/c36-18-25(37)33-12-14-34(15-13-33)27-29-16-20(17-30-27)22-7-8-23-26(32-22)35-24(31-23)6-3-10-28(35)11-9-19-4-1-2-5-21(19)28/h1-2,4-5,7-8,16-17,36H,3,6,9-15,18H2. The lowest BCUT2D eigenvalue weighted by molar-refractivity contribution is -0.134. The third-order valence-corrected chi connectivity index (χ3v) is 8.30. The summed E-state index contributed by atoms with van der Waals surface area (Å²) in [5.74, 6) is 1.54. The number of amides is 1. The van der Waals surface area contributed by atoms with Gasteiger partial charge in [0.1, 0.15) is 17.9 Å². The van der Waals surface area contributed by atoms with Gasteiger partial charge in [0.15, 0.2) is 5.65 Å². The van der Waals surface area contributed by atoms with Gasteiger partial charge in [-0.25, -0.2) is 19.9 Å². The summed E-state index contributed by atoms with van der Waals surface area (Å²) in [4.78, 5) is 34.8. The van der Waals surface area contributed by atoms with Gasteiger partial charge in [-0.2, -0.15) is 0 Å². The van der Waals surface area contributed by atoms with E-state index in [1.54, 1.807) is 4.90 Å². The molecule has 0 saturated carbocycles. The number of fused-ring (bicyclic) bond motifs is 6. The van der Waals surface area contributed by atoms with Gasteiger partial charge < -0.3 is 19.5 Å². The molecule has 0 bridgehead atoms. The number of hydrogen-bond donors (Lipinski definition) is 1. The van der Waals surface area contributed by atoms with Crippen molar-refractivity contribution in [1.29, 1.82) is 0 Å². The molecule has 9 nitrogen and oxygen atoms in total. The zero-order valence-corrected chi connectivity index (χ0v) is 20.7. The minimum atomic E-state index is -0.448. The molecule has 188 valence electrons. The first-order valence-electron chi connectivity index (χ1n) is 13.1. The van der Waals surface area contributed by atoms with Crippen LogP contribution in [0.25, 0.3) is 22.4 Å². The van der Waals surface area contributed by atoms with Gasteiger partial charge in [-0.05, 0) is 48.9 Å². The number of aliphatic hydroxyl groups is 1. The molecule has 9 heteroatoms. The van der Waals surface area contributed by atoms with E-state index in [1.807, 2.05) is 18.5 Å². The molecule has 1 atom stereocenters. The highest BCUT2D eigenvalue weighted by atomic mass is 16.3. The van der Waals surface area contributed by atoms with Crippen LogP contribution in [0.2, 0.25) is 0 Å². The summed E-state index contributed by atoms with van der Waals surface area (Å²) >= 11 is 0. The van der Waals surface area contributed by atoms with Crippen molar-refractivity contribution in [3.8, 4) is 11.3 Å². The number of aliphatic hydroxyl groups excluding tert-OH is 1. The number of anilines is 1. The second-order valence-electron chi connectivity index (χ2n) is 10.2. The molecule has 1 aromatic carbocycles. The normalized spacial score (nSPS) is 20.9. The molecule has 3 aromatic heterocycles. The van der Waals surface area contributed by atoms with Crippen molar-refractivity contribution in [2.24, 2.45) is 0 Å². The molecule has 1 saturated heterocycles. The first kappa shape index (κ1) is 22.4. The molecule has 5 heterocycles. The molecule has 1 unspecified atom stereocenters. The first-order chi connectivity index (χ1) is 18.2. The van der Waals surface area contributed by atoms with Crippen molar-refractivity contribution >= 4 is 23.0 Å². The van der Waals surface area contributed by atoms with E-state index in [-0.39, 0.29) is 11.4 Å². The lowest BCUT2D eigenvalue weighted by Crippen LogP contribution is -2.50. The smallest absolute Gasteiger partial charge is 0.248 e. The van der Waals surface area contributed by atoms with Crippen LogP contribution in [0.15, 0.2) is 48.8 Å². The Bertz CT molecular complexity index is 1490. The number of pyridine rings is 1. The quantitative estimate of drug-likeness (QED) is 0.466. The molecule has 0 radical (unpaired) electrons. The maximum absolute atomic E-state index is 11.7. The Balaban J connectivity index is 1.21. The number of piperazine rings is 1. The van der Waals surface area contributed by atoms with Crippen molar-refractivity contribution in [1.82, 2.24) is 29.4 Å². The number of hydrogen-bond acceptors (Lipinski definition) is 7. The molecule has 7 rings (SSSR count). The van der Waals surface area contributed by atoms with Gasteiger partial charge in [0.25, 0.3) is 0 Å². The summed E-state index contributed by atoms with van der Waals surface area (Å²) in [5.41, 5.74) is 6.40. The van der Waals surface area contributed by atoms with E-state index < -0.39 is 6.61 Å². The summed E-state index contributed by atoms with van der Waals surface area (Å²) < 4.78 is 2.43. The van der Waals surface area contributed by atoms with Gasteiger partial charge in [0.2, 0.25) is 11.9 Å². The van der Waals surface area contributed by atoms with Crippen molar-refractivity contribution in [3.05, 3.63) is 65.7 Å². The molecular weight excluding hydrogens is 466 g/mol. The average Bonchev–Trinajstić information content (AvgIpc) is 3.52. The topological polar surface area (TPSA) is 100 Å². The third kappa shape index (κ3) is 3.52. The lowest BCUT2D eigenvalue weighted by Gasteiger charge is -2.37. The van der Waals surface area contributed by atoms with E-state index in [0.29, 0.717) is 32.1 Å². The Labute approximate surface area is 214 Å². The van der Waals surface area contributed by atoms with Crippen molar-refractivity contribution < 1.29 is 9.90 Å². The fourth-order valence-electron chi connectivity index (χ4n) is 6.47. The summed E-state index contributed by atoms with van der Waals surface area (Å²) in [6.45, 7) is 1.94. The maximum Gasteiger partial charge on any atom is 0.248 e. The Kier molecular flexibility index (Phi) is 5.21. The highest BCUT2D eigenvalue weighted by Crippen LogP contribution is 2.48. The Morgan fingerprint density at radius 3 is 2.57 bits per heavy atom. The fourth-order valence-corrected chi connectivity index (χ4v) is 6.47. The van der Waals surface area contributed by atoms with Crippen LogP contribution in [0.1, 0.15) is 36.2 Å². The summed E-state index contributed by atoms with van der Waals surface area (Å²) in [6.07, 6.45) is 9.07. The molecule has 1 spiro atoms. The Hall–Kier alpha value is -3.85. The van der Waals surface area contributed by atoms with Gasteiger partial charge >= 0.3 is 0 Å². The second-order valence-corrected chi connectivity index (χ2v) is 10.2. The van der Waals surface area contributed by atoms with Crippen molar-refractivity contribution in [2.45, 2.75) is 37.6 Å². The van der Waals surface area contributed by atoms with Crippen LogP contribution in [0.3, 0.4) is 0 Å². The van der Waals surface area contributed by atoms with E-state index in [2.05, 4.69) is 49.8 Å². The maximum atomic E-state index is 11.7. The Morgan fingerprint density at radius 1 is 0.946 bits per heavy atom. The fraction of sp³-hybridized carbons (Fsp3) is 0.393. The molecule has 1 N–H and O–H groups in total. The van der Waals surface area contributed by atoms with Gasteiger partial charge in [0.05, 0.1) is 11.2 Å². The van der Waals surface area contributed by atoms with Crippen LogP contribution in [0.5, 0.6) is 0 Å². The van der Waals surface area contributed by atoms with Gasteiger partial charge in [-0.3, -0.25) is 4.79 Å². The van der Waals surface area contributed by atoms with E-state index in [4.69, 9.17) is 15.1 Å². The number of aryl methyl sites for hydroxylation is 2. The van der Waals surface area contributed by atoms with Crippen LogP contribution < -0.4 is 4.90 Å². The van der Waals surface area contributed by atoms with Crippen LogP contribution in [0.4, 0.5) is 5.95 Å². The van der Waals surface area contributed by atoms with Crippen LogP contribution >= 0.6 is 0 Å². The summed E-state index contributed by atoms with van der Waals surface area (Å²) in [6, 6.07) is 12.9. The zero-order chi connectivity index (χ0) is 25.0. The molecule has 1 amide bonds. The van der Waals surface area contributed by atoms with Crippen molar-refractivity contribution in [2.75, 3.05) is 37.7 Å². The minimum absolute atomic E-state index is 0.0650. The van der Waals surface area contributed by atoms with Crippen molar-refractivity contribution in [3.63, 3.8) is 0 Å². The predicted molar refractivity (Wildman–Crippen MR) is 139 cm³/mol. The number of aromatic nitrogens is 5. The number of rotatable bonds is 3. The molecule has 2 aliphatic heterocycles. The van der Waals surface area contributed by atoms with E-state index in [9.17, 15) is 4.79 Å². The summed E-state index contributed by atoms with van der Waals surface area (Å²) in [7, 11) is 0. The summed E-state index contributed by atoms with van der Waals surface area (Å²) in [5, 5.41) is 9.09. The number of benzene rings is 1. The minimum Gasteiger partial charge on any atom is -0.387 e. The monoisotopic (exact) mass is 495 g/mol. The van der Waals surface area contributed by atoms with Crippen LogP contribution in [-0.2, 0) is 23.2 Å². The SMILES string of the molecule is O=C(CO)N1CCN(c2ncc(-c3ccc4nc5n(c4n3)C3(CCC5)CCc4ccccc43)cn2)CC1. The Morgan fingerprint density at radius 2 is 1.76 bits per heavy atom. The highest BCUT2D eigenvalue weighted by Gasteiger charge is 2.44. The second kappa shape index (κ2) is 8.62. The van der Waals surface area contributed by atoms with E-state index in [1.165, 1.54) is 11.1 Å². The first-order valence-corrected chi connectivity index (χ1v) is 13.1. The molecule has 1 aliphatic carbocycles. The number of carbonyl (C=O) groups excluding carboxylic acids is 1. The molecular formula is C28H29N7O2. The van der Waals surface area contributed by atoms with Gasteiger partial charge in [-0.15, -0.1) is 0 Å². The molecule has 3 aliphatic rings. The largest absolute Gasteiger partial charge is 0.387 e. The number of nitrogens with zero attached hydrogens (tertiary/aromatic N) is 7. The number of carbonyl (C=O) groups is 1. The van der Waals surface area contributed by atoms with Gasteiger partial charge in [0, 0.05) is 50.6 Å². The molecule has 4 aromatic rings. The van der Waals surface area contributed by atoms with Crippen LogP contribution in [0, 0.1) is 0 Å². The van der Waals surface area contributed by atoms with E-state index in [0.717, 1.165) is 60.3 Å². The zero-order valence-electron chi connectivity index (χ0n) is 20.7. The number of imidazole rings is 1. The lowest BCUT2D eigenvalue weighted by atomic mass is 9.83. The van der Waals surface area contributed by atoms with Crippen LogP contribution in [-0.4, -0.2) is 73.2 Å². The van der Waals surface area contributed by atoms with E-state index >= 15 is 0 Å². The highest BCUT2D eigenvalue weighted by molar-refractivity contribution is 5.78. The van der Waals surface area contributed by atoms with Gasteiger partial charge in [-0.1, -0.05) is 24.3 Å². The molecule has 1 fully saturated rings. The predicted octanol–water partition coefficient (Wildman–Crippen LogP) is 2.56. The third-order valence-electron chi connectivity index (χ3n) is 8.30.